The second kappa shape index (κ2) is 7.23. The van der Waals surface area contributed by atoms with Gasteiger partial charge in [-0.15, -0.1) is 0 Å². The van der Waals surface area contributed by atoms with Crippen LogP contribution in [-0.2, 0) is 35.0 Å². The number of aromatic nitrogens is 2. The van der Waals surface area contributed by atoms with Crippen LogP contribution in [0.2, 0.25) is 5.15 Å². The van der Waals surface area contributed by atoms with Gasteiger partial charge in [0.15, 0.2) is 0 Å². The summed E-state index contributed by atoms with van der Waals surface area (Å²) >= 11 is 5.91. The van der Waals surface area contributed by atoms with Crippen molar-refractivity contribution in [3.63, 3.8) is 0 Å². The number of ether oxygens (including phenoxy) is 1. The maximum absolute atomic E-state index is 12.2. The van der Waals surface area contributed by atoms with E-state index in [0.717, 1.165) is 11.1 Å². The molecule has 22 heavy (non-hydrogen) atoms. The van der Waals surface area contributed by atoms with Crippen molar-refractivity contribution in [3.05, 3.63) is 46.9 Å². The molecule has 0 atom stereocenters. The van der Waals surface area contributed by atoms with Crippen molar-refractivity contribution in [1.82, 2.24) is 14.3 Å². The van der Waals surface area contributed by atoms with E-state index < -0.39 is 10.0 Å². The Hall–Kier alpha value is -1.41. The maximum atomic E-state index is 12.2. The van der Waals surface area contributed by atoms with Gasteiger partial charge in [0.05, 0.1) is 12.9 Å². The number of hydrogen-bond acceptors (Lipinski definition) is 4. The first-order valence-corrected chi connectivity index (χ1v) is 8.62. The molecular weight excluding hydrogens is 326 g/mol. The number of halogens is 1. The Labute approximate surface area is 135 Å². The van der Waals surface area contributed by atoms with E-state index in [4.69, 9.17) is 16.3 Å². The highest BCUT2D eigenvalue weighted by molar-refractivity contribution is 7.89. The molecular formula is C14H18ClN3O3S. The van der Waals surface area contributed by atoms with Crippen LogP contribution >= 0.6 is 11.6 Å². The molecule has 0 radical (unpaired) electrons. The van der Waals surface area contributed by atoms with Gasteiger partial charge in [-0.1, -0.05) is 35.9 Å². The monoisotopic (exact) mass is 343 g/mol. The first kappa shape index (κ1) is 17.0. The number of nitrogens with zero attached hydrogens (tertiary/aromatic N) is 2. The summed E-state index contributed by atoms with van der Waals surface area (Å²) in [5.41, 5.74) is 1.89. The molecule has 1 heterocycles. The van der Waals surface area contributed by atoms with Crippen molar-refractivity contribution in [1.29, 1.82) is 0 Å². The maximum Gasteiger partial charge on any atom is 0.261 e. The highest BCUT2D eigenvalue weighted by atomic mass is 35.5. The summed E-state index contributed by atoms with van der Waals surface area (Å²) in [6, 6.07) is 7.54. The van der Waals surface area contributed by atoms with Crippen molar-refractivity contribution in [2.24, 2.45) is 7.05 Å². The number of aryl methyl sites for hydroxylation is 1. The number of hydrogen-bond donors (Lipinski definition) is 1. The highest BCUT2D eigenvalue weighted by Crippen LogP contribution is 2.18. The summed E-state index contributed by atoms with van der Waals surface area (Å²) in [5, 5.41) is -0.0794. The van der Waals surface area contributed by atoms with Crippen LogP contribution in [0.4, 0.5) is 0 Å². The van der Waals surface area contributed by atoms with E-state index in [0.29, 0.717) is 13.2 Å². The predicted octanol–water partition coefficient (Wildman–Crippen LogP) is 2.09. The van der Waals surface area contributed by atoms with Gasteiger partial charge in [-0.2, -0.15) is 0 Å². The molecule has 0 unspecified atom stereocenters. The van der Waals surface area contributed by atoms with Crippen LogP contribution in [0.3, 0.4) is 0 Å². The zero-order chi connectivity index (χ0) is 16.2. The van der Waals surface area contributed by atoms with E-state index in [2.05, 4.69) is 9.71 Å². The van der Waals surface area contributed by atoms with Crippen LogP contribution in [0.15, 0.2) is 35.6 Å². The van der Waals surface area contributed by atoms with Gasteiger partial charge in [0.25, 0.3) is 10.0 Å². The van der Waals surface area contributed by atoms with Gasteiger partial charge in [-0.25, -0.2) is 18.1 Å². The van der Waals surface area contributed by atoms with Gasteiger partial charge < -0.3 is 9.30 Å². The topological polar surface area (TPSA) is 73.2 Å². The zero-order valence-corrected chi connectivity index (χ0v) is 14.0. The molecule has 8 heteroatoms. The Morgan fingerprint density at radius 1 is 1.27 bits per heavy atom. The lowest BCUT2D eigenvalue weighted by Gasteiger charge is -2.07. The Bertz CT molecular complexity index is 726. The van der Waals surface area contributed by atoms with Gasteiger partial charge in [-0.3, -0.25) is 0 Å². The van der Waals surface area contributed by atoms with Crippen LogP contribution < -0.4 is 4.72 Å². The van der Waals surface area contributed by atoms with E-state index in [1.54, 1.807) is 7.05 Å². The number of benzene rings is 1. The third kappa shape index (κ3) is 4.07. The Balaban J connectivity index is 2.01. The molecule has 0 fully saturated rings. The molecule has 0 aliphatic carbocycles. The molecule has 0 aliphatic rings. The standard InChI is InChI=1S/C14H18ClN3O3S/c1-3-21-9-12-6-4-11(5-7-12)8-17-22(19,20)14-13(15)18(2)10-16-14/h4-7,10,17H,3,8-9H2,1-2H3. The minimum absolute atomic E-state index is 0.0829. The predicted molar refractivity (Wildman–Crippen MR) is 84.0 cm³/mol. The van der Waals surface area contributed by atoms with E-state index >= 15 is 0 Å². The minimum Gasteiger partial charge on any atom is -0.377 e. The summed E-state index contributed by atoms with van der Waals surface area (Å²) in [6.07, 6.45) is 1.36. The smallest absolute Gasteiger partial charge is 0.261 e. The second-order valence-corrected chi connectivity index (χ2v) is 6.77. The molecule has 0 bridgehead atoms. The summed E-state index contributed by atoms with van der Waals surface area (Å²) in [6.45, 7) is 3.31. The summed E-state index contributed by atoms with van der Waals surface area (Å²) < 4.78 is 33.6. The van der Waals surface area contributed by atoms with E-state index in [-0.39, 0.29) is 16.7 Å². The van der Waals surface area contributed by atoms with Crippen molar-refractivity contribution < 1.29 is 13.2 Å². The van der Waals surface area contributed by atoms with Gasteiger partial charge in [-0.05, 0) is 18.1 Å². The third-order valence-electron chi connectivity index (χ3n) is 3.05. The van der Waals surface area contributed by atoms with Crippen molar-refractivity contribution in [3.8, 4) is 0 Å². The van der Waals surface area contributed by atoms with Crippen molar-refractivity contribution >= 4 is 21.6 Å². The lowest BCUT2D eigenvalue weighted by Crippen LogP contribution is -2.24. The van der Waals surface area contributed by atoms with Crippen LogP contribution in [0.25, 0.3) is 0 Å². The molecule has 0 aliphatic heterocycles. The van der Waals surface area contributed by atoms with E-state index in [1.807, 2.05) is 31.2 Å². The second-order valence-electron chi connectivity index (χ2n) is 4.73. The fourth-order valence-corrected chi connectivity index (χ4v) is 3.24. The molecule has 120 valence electrons. The van der Waals surface area contributed by atoms with E-state index in [1.165, 1.54) is 10.9 Å². The van der Waals surface area contributed by atoms with Gasteiger partial charge in [0.2, 0.25) is 5.03 Å². The van der Waals surface area contributed by atoms with Crippen molar-refractivity contribution in [2.75, 3.05) is 6.61 Å². The van der Waals surface area contributed by atoms with Gasteiger partial charge >= 0.3 is 0 Å². The largest absolute Gasteiger partial charge is 0.377 e. The molecule has 0 saturated heterocycles. The molecule has 1 aromatic heterocycles. The number of imidazole rings is 1. The molecule has 6 nitrogen and oxygen atoms in total. The summed E-state index contributed by atoms with van der Waals surface area (Å²) in [5.74, 6) is 0. The van der Waals surface area contributed by atoms with Crippen LogP contribution in [0.5, 0.6) is 0 Å². The minimum atomic E-state index is -3.73. The molecule has 1 aromatic carbocycles. The SMILES string of the molecule is CCOCc1ccc(CNS(=O)(=O)c2ncn(C)c2Cl)cc1. The molecule has 1 N–H and O–H groups in total. The first-order valence-electron chi connectivity index (χ1n) is 6.76. The summed E-state index contributed by atoms with van der Waals surface area (Å²) in [7, 11) is -2.10. The molecule has 0 amide bonds. The lowest BCUT2D eigenvalue weighted by atomic mass is 10.1. The Morgan fingerprint density at radius 3 is 2.45 bits per heavy atom. The van der Waals surface area contributed by atoms with Crippen LogP contribution in [0.1, 0.15) is 18.1 Å². The quantitative estimate of drug-likeness (QED) is 0.835. The normalized spacial score (nSPS) is 11.8. The van der Waals surface area contributed by atoms with Crippen LogP contribution in [-0.4, -0.2) is 24.6 Å². The Morgan fingerprint density at radius 2 is 1.91 bits per heavy atom. The lowest BCUT2D eigenvalue weighted by molar-refractivity contribution is 0.134. The number of rotatable bonds is 7. The van der Waals surface area contributed by atoms with Crippen LogP contribution in [0, 0.1) is 0 Å². The third-order valence-corrected chi connectivity index (χ3v) is 4.94. The molecule has 0 spiro atoms. The van der Waals surface area contributed by atoms with Gasteiger partial charge in [0.1, 0.15) is 5.15 Å². The summed E-state index contributed by atoms with van der Waals surface area (Å²) in [4.78, 5) is 3.81. The van der Waals surface area contributed by atoms with Gasteiger partial charge in [0, 0.05) is 20.2 Å². The number of nitrogens with one attached hydrogen (secondary N) is 1. The molecule has 2 aromatic rings. The number of sulfonamides is 1. The fraction of sp³-hybridized carbons (Fsp3) is 0.357. The fourth-order valence-electron chi connectivity index (χ4n) is 1.79. The molecule has 2 rings (SSSR count). The molecule has 0 saturated carbocycles. The Kier molecular flexibility index (Phi) is 5.57. The highest BCUT2D eigenvalue weighted by Gasteiger charge is 2.21. The average Bonchev–Trinajstić information content (AvgIpc) is 2.84. The van der Waals surface area contributed by atoms with Crippen molar-refractivity contribution in [2.45, 2.75) is 25.1 Å². The zero-order valence-electron chi connectivity index (χ0n) is 12.4. The average molecular weight is 344 g/mol. The first-order chi connectivity index (χ1) is 10.4. The van der Waals surface area contributed by atoms with E-state index in [9.17, 15) is 8.42 Å².